The number of nitrogens with zero attached hydrogens (tertiary/aromatic N) is 1. The van der Waals surface area contributed by atoms with E-state index in [-0.39, 0.29) is 0 Å². The first kappa shape index (κ1) is 11.0. The molecule has 0 amide bonds. The minimum absolute atomic E-state index is 0.447. The third kappa shape index (κ3) is 2.36. The Morgan fingerprint density at radius 3 is 2.47 bits per heavy atom. The standard InChI is InChI=1S/C13H18BrN/c1-13(2,3)10-8-15(9-10)12-6-4-5-11(14)7-12/h4-7,10H,8-9H2,1-3H3. The third-order valence-corrected chi connectivity index (χ3v) is 3.77. The van der Waals surface area contributed by atoms with Crippen molar-refractivity contribution in [2.75, 3.05) is 18.0 Å². The van der Waals surface area contributed by atoms with Crippen molar-refractivity contribution in [1.29, 1.82) is 0 Å². The van der Waals surface area contributed by atoms with Crippen molar-refractivity contribution >= 4 is 21.6 Å². The van der Waals surface area contributed by atoms with E-state index >= 15 is 0 Å². The molecule has 0 bridgehead atoms. The number of hydrogen-bond acceptors (Lipinski definition) is 1. The van der Waals surface area contributed by atoms with Crippen molar-refractivity contribution in [2.24, 2.45) is 11.3 Å². The van der Waals surface area contributed by atoms with Gasteiger partial charge in [-0.25, -0.2) is 0 Å². The van der Waals surface area contributed by atoms with E-state index in [9.17, 15) is 0 Å². The van der Waals surface area contributed by atoms with E-state index in [1.165, 1.54) is 23.2 Å². The average Bonchev–Trinajstić information content (AvgIpc) is 1.97. The summed E-state index contributed by atoms with van der Waals surface area (Å²) in [6.45, 7) is 9.38. The molecule has 0 spiro atoms. The fraction of sp³-hybridized carbons (Fsp3) is 0.538. The van der Waals surface area contributed by atoms with Crippen molar-refractivity contribution < 1.29 is 0 Å². The zero-order valence-corrected chi connectivity index (χ0v) is 11.2. The Balaban J connectivity index is 2.00. The molecular weight excluding hydrogens is 250 g/mol. The van der Waals surface area contributed by atoms with E-state index in [1.54, 1.807) is 0 Å². The van der Waals surface area contributed by atoms with Gasteiger partial charge in [-0.3, -0.25) is 0 Å². The van der Waals surface area contributed by atoms with Gasteiger partial charge in [-0.15, -0.1) is 0 Å². The average molecular weight is 268 g/mol. The lowest BCUT2D eigenvalue weighted by Gasteiger charge is -2.47. The third-order valence-electron chi connectivity index (χ3n) is 3.28. The highest BCUT2D eigenvalue weighted by Crippen LogP contribution is 2.36. The van der Waals surface area contributed by atoms with Crippen LogP contribution in [0.25, 0.3) is 0 Å². The molecule has 0 aromatic heterocycles. The normalized spacial score (nSPS) is 17.7. The van der Waals surface area contributed by atoms with Gasteiger partial charge in [-0.2, -0.15) is 0 Å². The van der Waals surface area contributed by atoms with Crippen LogP contribution >= 0.6 is 15.9 Å². The molecule has 0 unspecified atom stereocenters. The monoisotopic (exact) mass is 267 g/mol. The second-order valence-electron chi connectivity index (χ2n) is 5.45. The smallest absolute Gasteiger partial charge is 0.0377 e. The van der Waals surface area contributed by atoms with Crippen LogP contribution in [0.15, 0.2) is 28.7 Å². The summed E-state index contributed by atoms with van der Waals surface area (Å²) in [5.74, 6) is 0.830. The molecule has 0 radical (unpaired) electrons. The predicted molar refractivity (Wildman–Crippen MR) is 69.3 cm³/mol. The maximum atomic E-state index is 3.51. The number of hydrogen-bond donors (Lipinski definition) is 0. The molecule has 15 heavy (non-hydrogen) atoms. The predicted octanol–water partition coefficient (Wildman–Crippen LogP) is 3.93. The fourth-order valence-corrected chi connectivity index (χ4v) is 2.30. The van der Waals surface area contributed by atoms with Gasteiger partial charge in [0.05, 0.1) is 0 Å². The van der Waals surface area contributed by atoms with Crippen LogP contribution in [0.3, 0.4) is 0 Å². The summed E-state index contributed by atoms with van der Waals surface area (Å²) >= 11 is 3.51. The lowest BCUT2D eigenvalue weighted by Crippen LogP contribution is -2.52. The molecule has 82 valence electrons. The van der Waals surface area contributed by atoms with Crippen molar-refractivity contribution in [3.05, 3.63) is 28.7 Å². The second kappa shape index (κ2) is 3.82. The highest BCUT2D eigenvalue weighted by atomic mass is 79.9. The highest BCUT2D eigenvalue weighted by molar-refractivity contribution is 9.10. The molecular formula is C13H18BrN. The molecule has 0 atom stereocenters. The largest absolute Gasteiger partial charge is 0.371 e. The summed E-state index contributed by atoms with van der Waals surface area (Å²) in [6, 6.07) is 8.55. The van der Waals surface area contributed by atoms with Gasteiger partial charge < -0.3 is 4.90 Å². The summed E-state index contributed by atoms with van der Waals surface area (Å²) < 4.78 is 1.17. The Morgan fingerprint density at radius 1 is 1.27 bits per heavy atom. The number of rotatable bonds is 1. The zero-order valence-electron chi connectivity index (χ0n) is 9.63. The van der Waals surface area contributed by atoms with Gasteiger partial charge >= 0.3 is 0 Å². The molecule has 1 fully saturated rings. The minimum atomic E-state index is 0.447. The van der Waals surface area contributed by atoms with Crippen LogP contribution in [0.2, 0.25) is 0 Å². The second-order valence-corrected chi connectivity index (χ2v) is 6.36. The fourth-order valence-electron chi connectivity index (χ4n) is 1.91. The van der Waals surface area contributed by atoms with Crippen molar-refractivity contribution in [3.63, 3.8) is 0 Å². The molecule has 2 rings (SSSR count). The molecule has 0 aliphatic carbocycles. The maximum absolute atomic E-state index is 3.51. The van der Waals surface area contributed by atoms with Gasteiger partial charge in [0.1, 0.15) is 0 Å². The molecule has 0 saturated carbocycles. The van der Waals surface area contributed by atoms with Gasteiger partial charge in [-0.1, -0.05) is 42.8 Å². The van der Waals surface area contributed by atoms with E-state index in [4.69, 9.17) is 0 Å². The van der Waals surface area contributed by atoms with Gasteiger partial charge in [0.15, 0.2) is 0 Å². The molecule has 2 heteroatoms. The Labute approximate surface area is 101 Å². The molecule has 1 aliphatic heterocycles. The Bertz CT molecular complexity index is 348. The summed E-state index contributed by atoms with van der Waals surface area (Å²) in [5.41, 5.74) is 1.78. The van der Waals surface area contributed by atoms with Crippen LogP contribution in [0, 0.1) is 11.3 Å². The summed E-state index contributed by atoms with van der Waals surface area (Å²) in [4.78, 5) is 2.45. The van der Waals surface area contributed by atoms with Crippen molar-refractivity contribution in [3.8, 4) is 0 Å². The first-order valence-corrected chi connectivity index (χ1v) is 6.26. The van der Waals surface area contributed by atoms with E-state index in [0.29, 0.717) is 5.41 Å². The maximum Gasteiger partial charge on any atom is 0.0377 e. The first-order valence-electron chi connectivity index (χ1n) is 5.47. The Hall–Kier alpha value is -0.500. The topological polar surface area (TPSA) is 3.24 Å². The van der Waals surface area contributed by atoms with E-state index in [2.05, 4.69) is 65.9 Å². The van der Waals surface area contributed by atoms with Crippen molar-refractivity contribution in [1.82, 2.24) is 0 Å². The lowest BCUT2D eigenvalue weighted by molar-refractivity contribution is 0.195. The van der Waals surface area contributed by atoms with Crippen LogP contribution in [0.4, 0.5) is 5.69 Å². The van der Waals surface area contributed by atoms with Crippen molar-refractivity contribution in [2.45, 2.75) is 20.8 Å². The molecule has 0 N–H and O–H groups in total. The highest BCUT2D eigenvalue weighted by Gasteiger charge is 2.35. The Kier molecular flexibility index (Phi) is 2.80. The van der Waals surface area contributed by atoms with Crippen LogP contribution in [0.1, 0.15) is 20.8 Å². The van der Waals surface area contributed by atoms with E-state index in [0.717, 1.165) is 5.92 Å². The SMILES string of the molecule is CC(C)(C)C1CN(c2cccc(Br)c2)C1. The van der Waals surface area contributed by atoms with Crippen LogP contribution in [-0.4, -0.2) is 13.1 Å². The lowest BCUT2D eigenvalue weighted by atomic mass is 9.76. The van der Waals surface area contributed by atoms with Crippen LogP contribution in [0.5, 0.6) is 0 Å². The molecule has 1 aromatic carbocycles. The van der Waals surface area contributed by atoms with Gasteiger partial charge in [0.25, 0.3) is 0 Å². The summed E-state index contributed by atoms with van der Waals surface area (Å²) in [6.07, 6.45) is 0. The summed E-state index contributed by atoms with van der Waals surface area (Å²) in [5, 5.41) is 0. The van der Waals surface area contributed by atoms with Crippen LogP contribution < -0.4 is 4.90 Å². The molecule has 1 heterocycles. The first-order chi connectivity index (χ1) is 6.97. The minimum Gasteiger partial charge on any atom is -0.371 e. The van der Waals surface area contributed by atoms with E-state index in [1.807, 2.05) is 0 Å². The molecule has 1 aliphatic rings. The number of halogens is 1. The molecule has 1 saturated heterocycles. The molecule has 1 aromatic rings. The zero-order chi connectivity index (χ0) is 11.1. The number of benzene rings is 1. The van der Waals surface area contributed by atoms with Crippen LogP contribution in [-0.2, 0) is 0 Å². The quantitative estimate of drug-likeness (QED) is 0.746. The molecule has 1 nitrogen and oxygen atoms in total. The van der Waals surface area contributed by atoms with E-state index < -0.39 is 0 Å². The van der Waals surface area contributed by atoms with Gasteiger partial charge in [0.2, 0.25) is 0 Å². The summed E-state index contributed by atoms with van der Waals surface area (Å²) in [7, 11) is 0. The Morgan fingerprint density at radius 2 is 1.93 bits per heavy atom. The number of anilines is 1. The van der Waals surface area contributed by atoms with Gasteiger partial charge in [-0.05, 0) is 29.5 Å². The van der Waals surface area contributed by atoms with Gasteiger partial charge in [0, 0.05) is 23.2 Å².